The molecule has 0 saturated carbocycles. The molecule has 0 radical (unpaired) electrons. The fraction of sp³-hybridized carbons (Fsp3) is 0.0625. The maximum Gasteiger partial charge on any atom is 0.285 e. The Morgan fingerprint density at radius 2 is 2.00 bits per heavy atom. The van der Waals surface area contributed by atoms with Gasteiger partial charge in [0.2, 0.25) is 0 Å². The number of ether oxygens (including phenoxy) is 1. The third-order valence-electron chi connectivity index (χ3n) is 2.94. The predicted molar refractivity (Wildman–Crippen MR) is 83.1 cm³/mol. The van der Waals surface area contributed by atoms with Crippen LogP contribution in [0.4, 0.5) is 20.2 Å². The van der Waals surface area contributed by atoms with E-state index in [1.807, 2.05) is 0 Å². The molecule has 24 heavy (non-hydrogen) atoms. The SMILES string of the molecule is C=CCOc1cccc(NC(=O)c2cc(F)c(F)cc2[N+](=O)[O-])c1. The summed E-state index contributed by atoms with van der Waals surface area (Å²) in [6.07, 6.45) is 1.54. The van der Waals surface area contributed by atoms with Crippen LogP contribution in [0.2, 0.25) is 0 Å². The molecule has 6 nitrogen and oxygen atoms in total. The maximum atomic E-state index is 13.3. The molecule has 0 atom stereocenters. The van der Waals surface area contributed by atoms with Gasteiger partial charge in [-0.05, 0) is 18.2 Å². The standard InChI is InChI=1S/C16H12F2N2O4/c1-2-6-24-11-5-3-4-10(7-11)19-16(21)12-8-13(17)14(18)9-15(12)20(22)23/h2-5,7-9H,1,6H2,(H,19,21). The first-order valence-electron chi connectivity index (χ1n) is 6.71. The van der Waals surface area contributed by atoms with Crippen molar-refractivity contribution in [3.63, 3.8) is 0 Å². The fourth-order valence-electron chi connectivity index (χ4n) is 1.89. The molecule has 0 heterocycles. The largest absolute Gasteiger partial charge is 0.489 e. The molecular weight excluding hydrogens is 322 g/mol. The van der Waals surface area contributed by atoms with Crippen molar-refractivity contribution in [2.75, 3.05) is 11.9 Å². The second-order valence-corrected chi connectivity index (χ2v) is 4.62. The number of carbonyl (C=O) groups excluding carboxylic acids is 1. The van der Waals surface area contributed by atoms with Gasteiger partial charge in [0.25, 0.3) is 11.6 Å². The van der Waals surface area contributed by atoms with Crippen molar-refractivity contribution < 1.29 is 23.2 Å². The van der Waals surface area contributed by atoms with Crippen LogP contribution in [0.1, 0.15) is 10.4 Å². The Balaban J connectivity index is 2.28. The lowest BCUT2D eigenvalue weighted by Crippen LogP contribution is -2.15. The smallest absolute Gasteiger partial charge is 0.285 e. The second kappa shape index (κ2) is 7.32. The summed E-state index contributed by atoms with van der Waals surface area (Å²) in [5.41, 5.74) is -1.14. The van der Waals surface area contributed by atoms with Gasteiger partial charge in [0.1, 0.15) is 17.9 Å². The number of anilines is 1. The van der Waals surface area contributed by atoms with Crippen molar-refractivity contribution in [2.24, 2.45) is 0 Å². The molecular formula is C16H12F2N2O4. The number of nitro groups is 1. The maximum absolute atomic E-state index is 13.3. The summed E-state index contributed by atoms with van der Waals surface area (Å²) in [4.78, 5) is 22.1. The van der Waals surface area contributed by atoms with Crippen LogP contribution < -0.4 is 10.1 Å². The van der Waals surface area contributed by atoms with Gasteiger partial charge in [-0.3, -0.25) is 14.9 Å². The monoisotopic (exact) mass is 334 g/mol. The first kappa shape index (κ1) is 17.1. The van der Waals surface area contributed by atoms with Crippen molar-refractivity contribution in [2.45, 2.75) is 0 Å². The minimum absolute atomic E-state index is 0.256. The van der Waals surface area contributed by atoms with Crippen LogP contribution in [-0.4, -0.2) is 17.4 Å². The van der Waals surface area contributed by atoms with E-state index in [4.69, 9.17) is 4.74 Å². The van der Waals surface area contributed by atoms with Gasteiger partial charge in [0, 0.05) is 11.8 Å². The summed E-state index contributed by atoms with van der Waals surface area (Å²) >= 11 is 0. The Hall–Kier alpha value is -3.29. The lowest BCUT2D eigenvalue weighted by Gasteiger charge is -2.08. The van der Waals surface area contributed by atoms with Crippen molar-refractivity contribution in [3.8, 4) is 5.75 Å². The minimum Gasteiger partial charge on any atom is -0.489 e. The number of nitrogens with zero attached hydrogens (tertiary/aromatic N) is 1. The highest BCUT2D eigenvalue weighted by Gasteiger charge is 2.24. The lowest BCUT2D eigenvalue weighted by atomic mass is 10.1. The number of nitro benzene ring substituents is 1. The molecule has 0 aliphatic heterocycles. The molecule has 0 aliphatic carbocycles. The van der Waals surface area contributed by atoms with Crippen LogP contribution in [-0.2, 0) is 0 Å². The Kier molecular flexibility index (Phi) is 5.20. The quantitative estimate of drug-likeness (QED) is 0.496. The summed E-state index contributed by atoms with van der Waals surface area (Å²) in [6, 6.07) is 7.08. The minimum atomic E-state index is -1.40. The van der Waals surface area contributed by atoms with E-state index in [1.165, 1.54) is 18.2 Å². The van der Waals surface area contributed by atoms with E-state index in [-0.39, 0.29) is 12.3 Å². The normalized spacial score (nSPS) is 10.1. The molecule has 2 aromatic rings. The molecule has 8 heteroatoms. The third-order valence-corrected chi connectivity index (χ3v) is 2.94. The number of hydrogen-bond donors (Lipinski definition) is 1. The zero-order valence-corrected chi connectivity index (χ0v) is 12.3. The number of hydrogen-bond acceptors (Lipinski definition) is 4. The van der Waals surface area contributed by atoms with E-state index in [2.05, 4.69) is 11.9 Å². The highest BCUT2D eigenvalue weighted by atomic mass is 19.2. The zero-order chi connectivity index (χ0) is 17.7. The van der Waals surface area contributed by atoms with Crippen LogP contribution in [0.25, 0.3) is 0 Å². The van der Waals surface area contributed by atoms with E-state index >= 15 is 0 Å². The van der Waals surface area contributed by atoms with Crippen molar-refractivity contribution in [1.82, 2.24) is 0 Å². The van der Waals surface area contributed by atoms with E-state index < -0.39 is 33.7 Å². The Morgan fingerprint density at radius 1 is 1.29 bits per heavy atom. The summed E-state index contributed by atoms with van der Waals surface area (Å²) in [5, 5.41) is 13.3. The van der Waals surface area contributed by atoms with E-state index in [0.717, 1.165) is 0 Å². The van der Waals surface area contributed by atoms with Gasteiger partial charge in [-0.1, -0.05) is 18.7 Å². The summed E-state index contributed by atoms with van der Waals surface area (Å²) in [7, 11) is 0. The molecule has 0 fully saturated rings. The molecule has 0 aliphatic rings. The van der Waals surface area contributed by atoms with Gasteiger partial charge in [-0.2, -0.15) is 0 Å². The van der Waals surface area contributed by atoms with Crippen LogP contribution >= 0.6 is 0 Å². The van der Waals surface area contributed by atoms with Crippen LogP contribution in [0.3, 0.4) is 0 Å². The van der Waals surface area contributed by atoms with Crippen molar-refractivity contribution >= 4 is 17.3 Å². The lowest BCUT2D eigenvalue weighted by molar-refractivity contribution is -0.385. The Bertz CT molecular complexity index is 809. The van der Waals surface area contributed by atoms with Gasteiger partial charge in [0.05, 0.1) is 11.0 Å². The first-order valence-corrected chi connectivity index (χ1v) is 6.71. The molecule has 1 N–H and O–H groups in total. The molecule has 0 aromatic heterocycles. The van der Waals surface area contributed by atoms with Gasteiger partial charge < -0.3 is 10.1 Å². The van der Waals surface area contributed by atoms with E-state index in [9.17, 15) is 23.7 Å². The van der Waals surface area contributed by atoms with Gasteiger partial charge in [0.15, 0.2) is 11.6 Å². The topological polar surface area (TPSA) is 81.5 Å². The van der Waals surface area contributed by atoms with Crippen LogP contribution in [0, 0.1) is 21.7 Å². The van der Waals surface area contributed by atoms with Gasteiger partial charge in [-0.15, -0.1) is 0 Å². The highest BCUT2D eigenvalue weighted by molar-refractivity contribution is 6.07. The molecule has 0 saturated heterocycles. The highest BCUT2D eigenvalue weighted by Crippen LogP contribution is 2.24. The third kappa shape index (κ3) is 3.92. The number of carbonyl (C=O) groups is 1. The molecule has 2 rings (SSSR count). The number of nitrogens with one attached hydrogen (secondary N) is 1. The summed E-state index contributed by atoms with van der Waals surface area (Å²) in [5.74, 6) is -3.26. The number of rotatable bonds is 6. The van der Waals surface area contributed by atoms with Crippen molar-refractivity contribution in [3.05, 3.63) is 76.4 Å². The molecule has 124 valence electrons. The molecule has 0 spiro atoms. The summed E-state index contributed by atoms with van der Waals surface area (Å²) in [6.45, 7) is 3.76. The number of amides is 1. The van der Waals surface area contributed by atoms with E-state index in [0.29, 0.717) is 17.9 Å². The fourth-order valence-corrected chi connectivity index (χ4v) is 1.89. The van der Waals surface area contributed by atoms with Gasteiger partial charge >= 0.3 is 0 Å². The summed E-state index contributed by atoms with van der Waals surface area (Å²) < 4.78 is 31.8. The van der Waals surface area contributed by atoms with Crippen molar-refractivity contribution in [1.29, 1.82) is 0 Å². The van der Waals surface area contributed by atoms with Crippen LogP contribution in [0.5, 0.6) is 5.75 Å². The molecule has 0 unspecified atom stereocenters. The van der Waals surface area contributed by atoms with E-state index in [1.54, 1.807) is 12.1 Å². The zero-order valence-electron chi connectivity index (χ0n) is 12.3. The first-order chi connectivity index (χ1) is 11.4. The Morgan fingerprint density at radius 3 is 2.67 bits per heavy atom. The Labute approximate surface area is 135 Å². The molecule has 1 amide bonds. The second-order valence-electron chi connectivity index (χ2n) is 4.62. The molecule has 0 bridgehead atoms. The van der Waals surface area contributed by atoms with Gasteiger partial charge in [-0.25, -0.2) is 8.78 Å². The average molecular weight is 334 g/mol. The average Bonchev–Trinajstić information content (AvgIpc) is 2.55. The number of halogens is 2. The predicted octanol–water partition coefficient (Wildman–Crippen LogP) is 3.69. The number of benzene rings is 2. The van der Waals surface area contributed by atoms with Crippen LogP contribution in [0.15, 0.2) is 49.1 Å². The molecule has 2 aromatic carbocycles.